The summed E-state index contributed by atoms with van der Waals surface area (Å²) in [5.41, 5.74) is 1.52. The van der Waals surface area contributed by atoms with E-state index >= 15 is 0 Å². The van der Waals surface area contributed by atoms with Crippen LogP contribution in [0.1, 0.15) is 18.1 Å². The summed E-state index contributed by atoms with van der Waals surface area (Å²) in [6, 6.07) is 9.43. The highest BCUT2D eigenvalue weighted by molar-refractivity contribution is 5.78. The molecule has 2 rings (SSSR count). The largest absolute Gasteiger partial charge is 0.388 e. The minimum atomic E-state index is -2.47. The molecule has 1 aromatic heterocycles. The van der Waals surface area contributed by atoms with Crippen LogP contribution in [-0.4, -0.2) is 29.7 Å². The zero-order valence-corrected chi connectivity index (χ0v) is 10.3. The minimum Gasteiger partial charge on any atom is -0.388 e. The van der Waals surface area contributed by atoms with E-state index < -0.39 is 19.1 Å². The molecule has 0 fully saturated rings. The maximum absolute atomic E-state index is 11.9. The van der Waals surface area contributed by atoms with Crippen molar-refractivity contribution in [3.05, 3.63) is 42.1 Å². The Labute approximate surface area is 109 Å². The second-order valence-electron chi connectivity index (χ2n) is 4.23. The van der Waals surface area contributed by atoms with Crippen molar-refractivity contribution in [2.24, 2.45) is 0 Å². The number of halogens is 2. The summed E-state index contributed by atoms with van der Waals surface area (Å²) < 4.78 is 28.5. The lowest BCUT2D eigenvalue weighted by Crippen LogP contribution is -2.08. The Balaban J connectivity index is 1.95. The van der Waals surface area contributed by atoms with Crippen molar-refractivity contribution in [2.75, 3.05) is 13.2 Å². The van der Waals surface area contributed by atoms with E-state index in [4.69, 9.17) is 4.74 Å². The van der Waals surface area contributed by atoms with Gasteiger partial charge in [0.25, 0.3) is 6.43 Å². The number of hydrogen-bond acceptors (Lipinski definition) is 3. The molecule has 1 unspecified atom stereocenters. The van der Waals surface area contributed by atoms with E-state index in [0.717, 1.165) is 10.9 Å². The summed E-state index contributed by atoms with van der Waals surface area (Å²) in [6.07, 6.45) is -1.36. The van der Waals surface area contributed by atoms with Crippen LogP contribution in [0.3, 0.4) is 0 Å². The highest BCUT2D eigenvalue weighted by Gasteiger charge is 2.10. The van der Waals surface area contributed by atoms with E-state index in [2.05, 4.69) is 4.98 Å². The Hall–Kier alpha value is -1.59. The quantitative estimate of drug-likeness (QED) is 0.818. The molecule has 1 atom stereocenters. The molecule has 0 aliphatic heterocycles. The minimum absolute atomic E-state index is 0.0956. The maximum atomic E-state index is 11.9. The van der Waals surface area contributed by atoms with Gasteiger partial charge in [-0.25, -0.2) is 8.78 Å². The molecule has 3 nitrogen and oxygen atoms in total. The van der Waals surface area contributed by atoms with Gasteiger partial charge >= 0.3 is 0 Å². The highest BCUT2D eigenvalue weighted by Crippen LogP contribution is 2.20. The van der Waals surface area contributed by atoms with Crippen LogP contribution in [0.25, 0.3) is 10.9 Å². The number of hydrogen-bond donors (Lipinski definition) is 1. The van der Waals surface area contributed by atoms with Crippen LogP contribution >= 0.6 is 0 Å². The van der Waals surface area contributed by atoms with Gasteiger partial charge in [0.15, 0.2) is 0 Å². The normalized spacial score (nSPS) is 13.1. The van der Waals surface area contributed by atoms with Crippen molar-refractivity contribution >= 4 is 10.9 Å². The molecule has 2 aromatic rings. The van der Waals surface area contributed by atoms with Gasteiger partial charge in [-0.3, -0.25) is 4.98 Å². The van der Waals surface area contributed by atoms with Crippen LogP contribution in [-0.2, 0) is 4.74 Å². The van der Waals surface area contributed by atoms with E-state index in [1.165, 1.54) is 0 Å². The Morgan fingerprint density at radius 2 is 2.05 bits per heavy atom. The van der Waals surface area contributed by atoms with Crippen molar-refractivity contribution in [1.82, 2.24) is 4.98 Å². The van der Waals surface area contributed by atoms with E-state index in [-0.39, 0.29) is 13.0 Å². The lowest BCUT2D eigenvalue weighted by atomic mass is 10.1. The predicted molar refractivity (Wildman–Crippen MR) is 68.1 cm³/mol. The monoisotopic (exact) mass is 267 g/mol. The smallest absolute Gasteiger partial charge is 0.261 e. The summed E-state index contributed by atoms with van der Waals surface area (Å²) in [5.74, 6) is 0. The number of ether oxygens (including phenoxy) is 1. The summed E-state index contributed by atoms with van der Waals surface area (Å²) in [5, 5.41) is 10.9. The lowest BCUT2D eigenvalue weighted by molar-refractivity contribution is 0.00480. The zero-order chi connectivity index (χ0) is 13.7. The van der Waals surface area contributed by atoms with E-state index in [9.17, 15) is 13.9 Å². The SMILES string of the molecule is OC(CCOCC(F)F)c1cnc2ccccc2c1. The van der Waals surface area contributed by atoms with E-state index in [0.29, 0.717) is 5.56 Å². The van der Waals surface area contributed by atoms with E-state index in [1.807, 2.05) is 30.3 Å². The predicted octanol–water partition coefficient (Wildman–Crippen LogP) is 2.94. The maximum Gasteiger partial charge on any atom is 0.261 e. The summed E-state index contributed by atoms with van der Waals surface area (Å²) in [4.78, 5) is 4.24. The second kappa shape index (κ2) is 6.54. The summed E-state index contributed by atoms with van der Waals surface area (Å²) >= 11 is 0. The number of alkyl halides is 2. The average molecular weight is 267 g/mol. The van der Waals surface area contributed by atoms with Crippen LogP contribution in [0.5, 0.6) is 0 Å². The number of aliphatic hydroxyl groups excluding tert-OH is 1. The standard InChI is InChI=1S/C14H15F2NO2/c15-14(16)9-19-6-5-13(18)11-7-10-3-1-2-4-12(10)17-8-11/h1-4,7-8,13-14,18H,5-6,9H2. The van der Waals surface area contributed by atoms with Gasteiger partial charge < -0.3 is 9.84 Å². The molecule has 5 heteroatoms. The molecule has 0 saturated carbocycles. The summed E-state index contributed by atoms with van der Waals surface area (Å²) in [7, 11) is 0. The van der Waals surface area contributed by atoms with E-state index in [1.54, 1.807) is 6.20 Å². The first-order chi connectivity index (χ1) is 9.16. The van der Waals surface area contributed by atoms with Gasteiger partial charge in [-0.05, 0) is 17.7 Å². The molecular formula is C14H15F2NO2. The Bertz CT molecular complexity index is 534. The number of pyridine rings is 1. The molecule has 0 spiro atoms. The first kappa shape index (κ1) is 13.8. The van der Waals surface area contributed by atoms with Gasteiger partial charge in [0, 0.05) is 24.6 Å². The lowest BCUT2D eigenvalue weighted by Gasteiger charge is -2.11. The molecule has 1 aromatic carbocycles. The van der Waals surface area contributed by atoms with Crippen LogP contribution in [0.4, 0.5) is 8.78 Å². The highest BCUT2D eigenvalue weighted by atomic mass is 19.3. The molecule has 19 heavy (non-hydrogen) atoms. The second-order valence-corrected chi connectivity index (χ2v) is 4.23. The van der Waals surface area contributed by atoms with Crippen LogP contribution < -0.4 is 0 Å². The molecule has 0 bridgehead atoms. The van der Waals surface area contributed by atoms with Gasteiger partial charge in [0.05, 0.1) is 11.6 Å². The number of para-hydroxylation sites is 1. The van der Waals surface area contributed by atoms with Gasteiger partial charge in [-0.1, -0.05) is 18.2 Å². The molecule has 0 aliphatic carbocycles. The fourth-order valence-electron chi connectivity index (χ4n) is 1.80. The third kappa shape index (κ3) is 3.94. The van der Waals surface area contributed by atoms with Crippen molar-refractivity contribution < 1.29 is 18.6 Å². The molecule has 1 N–H and O–H groups in total. The first-order valence-corrected chi connectivity index (χ1v) is 6.05. The fraction of sp³-hybridized carbons (Fsp3) is 0.357. The molecule has 102 valence electrons. The first-order valence-electron chi connectivity index (χ1n) is 6.05. The molecule has 0 amide bonds. The van der Waals surface area contributed by atoms with Crippen molar-refractivity contribution in [2.45, 2.75) is 19.0 Å². The number of aliphatic hydroxyl groups is 1. The Morgan fingerprint density at radius 1 is 1.26 bits per heavy atom. The van der Waals surface area contributed by atoms with Crippen molar-refractivity contribution in [3.63, 3.8) is 0 Å². The number of fused-ring (bicyclic) bond motifs is 1. The van der Waals surface area contributed by atoms with Gasteiger partial charge in [-0.15, -0.1) is 0 Å². The van der Waals surface area contributed by atoms with Gasteiger partial charge in [0.2, 0.25) is 0 Å². The third-order valence-electron chi connectivity index (χ3n) is 2.78. The average Bonchev–Trinajstić information content (AvgIpc) is 2.42. The molecule has 0 saturated heterocycles. The topological polar surface area (TPSA) is 42.4 Å². The Morgan fingerprint density at radius 3 is 2.84 bits per heavy atom. The molecule has 0 radical (unpaired) electrons. The van der Waals surface area contributed by atoms with Crippen LogP contribution in [0.2, 0.25) is 0 Å². The molecular weight excluding hydrogens is 252 g/mol. The molecule has 0 aliphatic rings. The number of benzene rings is 1. The van der Waals surface area contributed by atoms with Gasteiger partial charge in [0.1, 0.15) is 6.61 Å². The number of aromatic nitrogens is 1. The Kier molecular flexibility index (Phi) is 4.76. The summed E-state index contributed by atoms with van der Waals surface area (Å²) in [6.45, 7) is -0.499. The van der Waals surface area contributed by atoms with Gasteiger partial charge in [-0.2, -0.15) is 0 Å². The number of rotatable bonds is 6. The molecule has 1 heterocycles. The third-order valence-corrected chi connectivity index (χ3v) is 2.78. The van der Waals surface area contributed by atoms with Crippen molar-refractivity contribution in [3.8, 4) is 0 Å². The van der Waals surface area contributed by atoms with Crippen LogP contribution in [0.15, 0.2) is 36.5 Å². The number of nitrogens with zero attached hydrogens (tertiary/aromatic N) is 1. The van der Waals surface area contributed by atoms with Crippen LogP contribution in [0, 0.1) is 0 Å². The fourth-order valence-corrected chi connectivity index (χ4v) is 1.80. The van der Waals surface area contributed by atoms with Crippen molar-refractivity contribution in [1.29, 1.82) is 0 Å². The zero-order valence-electron chi connectivity index (χ0n) is 10.3.